The monoisotopic (exact) mass is 394 g/mol. The molecule has 1 saturated heterocycles. The first-order chi connectivity index (χ1) is 13.7. The van der Waals surface area contributed by atoms with Crippen molar-refractivity contribution in [2.24, 2.45) is 0 Å². The Morgan fingerprint density at radius 1 is 0.821 bits per heavy atom. The van der Waals surface area contributed by atoms with Gasteiger partial charge in [-0.25, -0.2) is 4.98 Å². The van der Waals surface area contributed by atoms with Crippen LogP contribution in [0.2, 0.25) is 5.02 Å². The number of halogens is 1. The van der Waals surface area contributed by atoms with E-state index in [1.54, 1.807) is 6.20 Å². The van der Waals surface area contributed by atoms with Gasteiger partial charge in [0.15, 0.2) is 0 Å². The molecule has 1 aromatic heterocycles. The third kappa shape index (κ3) is 4.71. The molecule has 3 aromatic rings. The lowest BCUT2D eigenvalue weighted by atomic mass is 10.2. The van der Waals surface area contributed by atoms with Gasteiger partial charge >= 0.3 is 0 Å². The number of hydrogen-bond acceptors (Lipinski definition) is 6. The molecule has 0 unspecified atom stereocenters. The Morgan fingerprint density at radius 3 is 2.18 bits per heavy atom. The van der Waals surface area contributed by atoms with Gasteiger partial charge in [-0.05, 0) is 61.6 Å². The maximum absolute atomic E-state index is 5.93. The van der Waals surface area contributed by atoms with Crippen molar-refractivity contribution in [1.29, 1.82) is 0 Å². The molecule has 0 spiro atoms. The zero-order valence-corrected chi connectivity index (χ0v) is 16.5. The minimum absolute atomic E-state index is 0.548. The Labute approximate surface area is 170 Å². The van der Waals surface area contributed by atoms with Gasteiger partial charge in [0.1, 0.15) is 5.82 Å². The van der Waals surface area contributed by atoms with Crippen LogP contribution < -0.4 is 15.5 Å². The topological polar surface area (TPSA) is 56.3 Å². The van der Waals surface area contributed by atoms with E-state index in [0.29, 0.717) is 16.8 Å². The fourth-order valence-electron chi connectivity index (χ4n) is 3.12. The van der Waals surface area contributed by atoms with Crippen LogP contribution in [0.4, 0.5) is 28.8 Å². The van der Waals surface area contributed by atoms with Gasteiger partial charge in [-0.1, -0.05) is 11.6 Å². The number of hydrogen-bond donors (Lipinski definition) is 2. The maximum Gasteiger partial charge on any atom is 0.229 e. The second kappa shape index (κ2) is 8.46. The summed E-state index contributed by atoms with van der Waals surface area (Å²) in [5.74, 6) is 1.26. The highest BCUT2D eigenvalue weighted by Gasteiger charge is 2.14. The van der Waals surface area contributed by atoms with Crippen LogP contribution in [-0.2, 0) is 0 Å². The fourth-order valence-corrected chi connectivity index (χ4v) is 3.24. The molecule has 144 valence electrons. The molecule has 0 bridgehead atoms. The molecule has 7 heteroatoms. The summed E-state index contributed by atoms with van der Waals surface area (Å²) in [6.07, 6.45) is 1.73. The highest BCUT2D eigenvalue weighted by atomic mass is 35.5. The lowest BCUT2D eigenvalue weighted by Gasteiger charge is -2.34. The van der Waals surface area contributed by atoms with Gasteiger partial charge in [-0.2, -0.15) is 4.98 Å². The lowest BCUT2D eigenvalue weighted by Crippen LogP contribution is -2.44. The second-order valence-electron chi connectivity index (χ2n) is 6.86. The van der Waals surface area contributed by atoms with E-state index in [9.17, 15) is 0 Å². The third-order valence-corrected chi connectivity index (χ3v) is 5.02. The summed E-state index contributed by atoms with van der Waals surface area (Å²) in [5, 5.41) is 7.22. The zero-order chi connectivity index (χ0) is 19.3. The van der Waals surface area contributed by atoms with Crippen molar-refractivity contribution < 1.29 is 0 Å². The van der Waals surface area contributed by atoms with E-state index >= 15 is 0 Å². The summed E-state index contributed by atoms with van der Waals surface area (Å²) < 4.78 is 0. The normalized spacial score (nSPS) is 14.7. The molecule has 0 amide bonds. The Bertz CT molecular complexity index is 905. The molecule has 2 aromatic carbocycles. The summed E-state index contributed by atoms with van der Waals surface area (Å²) in [6, 6.07) is 17.7. The first-order valence-corrected chi connectivity index (χ1v) is 9.70. The molecule has 0 atom stereocenters. The minimum Gasteiger partial charge on any atom is -0.369 e. The summed E-state index contributed by atoms with van der Waals surface area (Å²) in [6.45, 7) is 4.32. The first-order valence-electron chi connectivity index (χ1n) is 9.32. The van der Waals surface area contributed by atoms with Crippen molar-refractivity contribution in [1.82, 2.24) is 14.9 Å². The van der Waals surface area contributed by atoms with Crippen LogP contribution in [0, 0.1) is 0 Å². The van der Waals surface area contributed by atoms with E-state index in [4.69, 9.17) is 11.6 Å². The number of anilines is 5. The molecule has 2 N–H and O–H groups in total. The standard InChI is InChI=1S/C21H23ClN6/c1-27-12-14-28(15-13-27)19-8-6-18(7-9-19)25-21-23-11-10-20(26-21)24-17-4-2-16(22)3-5-17/h2-11H,12-15H2,1H3,(H2,23,24,25,26). The van der Waals surface area contributed by atoms with Gasteiger partial charge in [0.05, 0.1) is 0 Å². The molecule has 0 saturated carbocycles. The van der Waals surface area contributed by atoms with Crippen LogP contribution in [-0.4, -0.2) is 48.1 Å². The molecular formula is C21H23ClN6. The van der Waals surface area contributed by atoms with Crippen LogP contribution in [0.1, 0.15) is 0 Å². The Hall–Kier alpha value is -2.83. The fraction of sp³-hybridized carbons (Fsp3) is 0.238. The van der Waals surface area contributed by atoms with Crippen LogP contribution in [0.15, 0.2) is 60.8 Å². The highest BCUT2D eigenvalue weighted by Crippen LogP contribution is 2.22. The quantitative estimate of drug-likeness (QED) is 0.670. The number of rotatable bonds is 5. The number of benzene rings is 2. The van der Waals surface area contributed by atoms with E-state index in [2.05, 4.69) is 61.7 Å². The molecule has 0 aliphatic carbocycles. The Kier molecular flexibility index (Phi) is 5.60. The third-order valence-electron chi connectivity index (χ3n) is 4.76. The van der Waals surface area contributed by atoms with Crippen LogP contribution in [0.5, 0.6) is 0 Å². The van der Waals surface area contributed by atoms with Gasteiger partial charge in [-0.15, -0.1) is 0 Å². The van der Waals surface area contributed by atoms with Crippen molar-refractivity contribution in [3.05, 3.63) is 65.8 Å². The number of likely N-dealkylation sites (N-methyl/N-ethyl adjacent to an activating group) is 1. The van der Waals surface area contributed by atoms with E-state index < -0.39 is 0 Å². The van der Waals surface area contributed by atoms with Gasteiger partial charge in [0, 0.05) is 54.5 Å². The van der Waals surface area contributed by atoms with Crippen LogP contribution >= 0.6 is 11.6 Å². The second-order valence-corrected chi connectivity index (χ2v) is 7.30. The minimum atomic E-state index is 0.548. The van der Waals surface area contributed by atoms with Crippen molar-refractivity contribution in [2.45, 2.75) is 0 Å². The summed E-state index contributed by atoms with van der Waals surface area (Å²) >= 11 is 5.93. The van der Waals surface area contributed by atoms with Crippen molar-refractivity contribution >= 4 is 40.4 Å². The summed E-state index contributed by atoms with van der Waals surface area (Å²) in [5.41, 5.74) is 3.13. The Balaban J connectivity index is 1.40. The first kappa shape index (κ1) is 18.5. The molecule has 1 aliphatic rings. The molecule has 0 radical (unpaired) electrons. The molecular weight excluding hydrogens is 372 g/mol. The summed E-state index contributed by atoms with van der Waals surface area (Å²) in [4.78, 5) is 13.6. The Morgan fingerprint density at radius 2 is 1.46 bits per heavy atom. The zero-order valence-electron chi connectivity index (χ0n) is 15.8. The van der Waals surface area contributed by atoms with Crippen molar-refractivity contribution in [3.8, 4) is 0 Å². The van der Waals surface area contributed by atoms with Crippen LogP contribution in [0.25, 0.3) is 0 Å². The molecule has 1 fully saturated rings. The largest absolute Gasteiger partial charge is 0.369 e. The number of nitrogens with zero attached hydrogens (tertiary/aromatic N) is 4. The van der Waals surface area contributed by atoms with Crippen molar-refractivity contribution in [3.63, 3.8) is 0 Å². The molecule has 4 rings (SSSR count). The van der Waals surface area contributed by atoms with E-state index in [-0.39, 0.29) is 0 Å². The highest BCUT2D eigenvalue weighted by molar-refractivity contribution is 6.30. The van der Waals surface area contributed by atoms with Gasteiger partial charge in [-0.3, -0.25) is 0 Å². The van der Waals surface area contributed by atoms with E-state index in [0.717, 1.165) is 37.6 Å². The molecule has 28 heavy (non-hydrogen) atoms. The van der Waals surface area contributed by atoms with Crippen molar-refractivity contribution in [2.75, 3.05) is 48.8 Å². The van der Waals surface area contributed by atoms with E-state index in [1.807, 2.05) is 30.3 Å². The molecule has 1 aliphatic heterocycles. The molecule has 2 heterocycles. The molecule has 6 nitrogen and oxygen atoms in total. The average molecular weight is 395 g/mol. The maximum atomic E-state index is 5.93. The smallest absolute Gasteiger partial charge is 0.229 e. The average Bonchev–Trinajstić information content (AvgIpc) is 2.71. The summed E-state index contributed by atoms with van der Waals surface area (Å²) in [7, 11) is 2.17. The number of piperazine rings is 1. The SMILES string of the molecule is CN1CCN(c2ccc(Nc3nccc(Nc4ccc(Cl)cc4)n3)cc2)CC1. The number of aromatic nitrogens is 2. The predicted octanol–water partition coefficient (Wildman–Crippen LogP) is 4.37. The van der Waals surface area contributed by atoms with Gasteiger partial charge in [0.25, 0.3) is 0 Å². The van der Waals surface area contributed by atoms with Crippen LogP contribution in [0.3, 0.4) is 0 Å². The van der Waals surface area contributed by atoms with E-state index in [1.165, 1.54) is 5.69 Å². The number of nitrogens with one attached hydrogen (secondary N) is 2. The van der Waals surface area contributed by atoms with Gasteiger partial charge < -0.3 is 20.4 Å². The predicted molar refractivity (Wildman–Crippen MR) is 116 cm³/mol. The lowest BCUT2D eigenvalue weighted by molar-refractivity contribution is 0.313. The van der Waals surface area contributed by atoms with Gasteiger partial charge in [0.2, 0.25) is 5.95 Å².